The number of hydrogen-bond acceptors (Lipinski definition) is 6. The van der Waals surface area contributed by atoms with Crippen LogP contribution in [0.15, 0.2) is 55.0 Å². The Morgan fingerprint density at radius 1 is 1.13 bits per heavy atom. The molecule has 158 valence electrons. The molecule has 0 unspecified atom stereocenters. The average molecular weight is 416 g/mol. The van der Waals surface area contributed by atoms with Gasteiger partial charge in [-0.2, -0.15) is 4.98 Å². The molecule has 0 aliphatic carbocycles. The van der Waals surface area contributed by atoms with E-state index in [0.717, 1.165) is 24.1 Å². The van der Waals surface area contributed by atoms with Crippen molar-refractivity contribution in [1.82, 2.24) is 15.0 Å². The van der Waals surface area contributed by atoms with Gasteiger partial charge in [0.15, 0.2) is 0 Å². The Labute approximate surface area is 180 Å². The summed E-state index contributed by atoms with van der Waals surface area (Å²) < 4.78 is 0. The van der Waals surface area contributed by atoms with Gasteiger partial charge in [0.05, 0.1) is 6.42 Å². The molecule has 0 bridgehead atoms. The van der Waals surface area contributed by atoms with Gasteiger partial charge in [-0.1, -0.05) is 19.9 Å². The number of rotatable bonds is 7. The molecule has 0 saturated carbocycles. The number of benzene rings is 1. The number of fused-ring (bicyclic) bond motifs is 1. The summed E-state index contributed by atoms with van der Waals surface area (Å²) in [7, 11) is 0. The Kier molecular flexibility index (Phi) is 5.88. The van der Waals surface area contributed by atoms with E-state index in [1.807, 2.05) is 12.1 Å². The third-order valence-corrected chi connectivity index (χ3v) is 5.31. The van der Waals surface area contributed by atoms with E-state index in [1.165, 1.54) is 0 Å². The number of pyridine rings is 1. The van der Waals surface area contributed by atoms with Crippen molar-refractivity contribution >= 4 is 35.0 Å². The third-order valence-electron chi connectivity index (χ3n) is 5.31. The Hall–Kier alpha value is -3.81. The quantitative estimate of drug-likeness (QED) is 0.605. The van der Waals surface area contributed by atoms with Gasteiger partial charge in [-0.05, 0) is 43.2 Å². The summed E-state index contributed by atoms with van der Waals surface area (Å²) >= 11 is 0. The van der Waals surface area contributed by atoms with Crippen molar-refractivity contribution in [3.8, 4) is 0 Å². The molecule has 1 aliphatic heterocycles. The monoisotopic (exact) mass is 416 g/mol. The van der Waals surface area contributed by atoms with Gasteiger partial charge in [-0.15, -0.1) is 0 Å². The molecule has 4 rings (SSSR count). The van der Waals surface area contributed by atoms with E-state index >= 15 is 0 Å². The second-order valence-corrected chi connectivity index (χ2v) is 7.35. The van der Waals surface area contributed by atoms with Crippen LogP contribution in [0.2, 0.25) is 0 Å². The number of amides is 2. The highest BCUT2D eigenvalue weighted by Gasteiger charge is 2.33. The van der Waals surface area contributed by atoms with Crippen molar-refractivity contribution < 1.29 is 9.59 Å². The van der Waals surface area contributed by atoms with Gasteiger partial charge in [0.2, 0.25) is 11.9 Å². The Bertz CT molecular complexity index is 1100. The van der Waals surface area contributed by atoms with Gasteiger partial charge in [-0.3, -0.25) is 19.5 Å². The van der Waals surface area contributed by atoms with Crippen molar-refractivity contribution in [1.29, 1.82) is 0 Å². The summed E-state index contributed by atoms with van der Waals surface area (Å²) in [5.74, 6) is 0.934. The number of carbonyl (C=O) groups is 2. The number of carbonyl (C=O) groups excluding carboxylic acids is 2. The lowest BCUT2D eigenvalue weighted by atomic mass is 10.1. The first-order valence-electron chi connectivity index (χ1n) is 10.4. The van der Waals surface area contributed by atoms with Crippen LogP contribution in [0.25, 0.3) is 0 Å². The molecule has 3 aromatic rings. The standard InChI is InChI=1S/C23H24N6O2/c1-3-19(4-2)29-20(30)12-16-14-25-23(28-21(16)29)27-18-7-5-6-17(13-18)26-22(31)15-8-10-24-11-9-15/h5-11,13-14,19H,3-4,12H2,1-2H3,(H,26,31)(H,25,27,28). The second-order valence-electron chi connectivity index (χ2n) is 7.35. The first-order valence-corrected chi connectivity index (χ1v) is 10.4. The highest BCUT2D eigenvalue weighted by atomic mass is 16.2. The van der Waals surface area contributed by atoms with Crippen LogP contribution in [-0.2, 0) is 11.2 Å². The van der Waals surface area contributed by atoms with Crippen LogP contribution in [0.1, 0.15) is 42.6 Å². The molecule has 3 heterocycles. The summed E-state index contributed by atoms with van der Waals surface area (Å²) in [6, 6.07) is 10.7. The van der Waals surface area contributed by atoms with Crippen molar-refractivity contribution in [3.63, 3.8) is 0 Å². The second kappa shape index (κ2) is 8.91. The molecule has 2 aromatic heterocycles. The third kappa shape index (κ3) is 4.37. The van der Waals surface area contributed by atoms with E-state index in [-0.39, 0.29) is 17.9 Å². The lowest BCUT2D eigenvalue weighted by Gasteiger charge is -2.25. The van der Waals surface area contributed by atoms with E-state index in [4.69, 9.17) is 0 Å². The topological polar surface area (TPSA) is 100 Å². The molecule has 8 heteroatoms. The highest BCUT2D eigenvalue weighted by Crippen LogP contribution is 2.31. The number of nitrogens with one attached hydrogen (secondary N) is 2. The zero-order valence-electron chi connectivity index (χ0n) is 17.5. The van der Waals surface area contributed by atoms with Gasteiger partial charge in [0.25, 0.3) is 5.91 Å². The van der Waals surface area contributed by atoms with Gasteiger partial charge in [0, 0.05) is 47.1 Å². The normalized spacial score (nSPS) is 12.7. The molecule has 1 aromatic carbocycles. The maximum atomic E-state index is 12.5. The Morgan fingerprint density at radius 2 is 1.87 bits per heavy atom. The van der Waals surface area contributed by atoms with E-state index in [9.17, 15) is 9.59 Å². The number of anilines is 4. The molecule has 0 atom stereocenters. The first-order chi connectivity index (χ1) is 15.1. The smallest absolute Gasteiger partial charge is 0.255 e. The minimum absolute atomic E-state index is 0.0657. The summed E-state index contributed by atoms with van der Waals surface area (Å²) in [5, 5.41) is 6.04. The van der Waals surface area contributed by atoms with E-state index < -0.39 is 0 Å². The van der Waals surface area contributed by atoms with Gasteiger partial charge in [0.1, 0.15) is 5.82 Å². The van der Waals surface area contributed by atoms with E-state index in [0.29, 0.717) is 29.4 Å². The molecule has 8 nitrogen and oxygen atoms in total. The predicted octanol–water partition coefficient (Wildman–Crippen LogP) is 3.95. The van der Waals surface area contributed by atoms with E-state index in [1.54, 1.807) is 47.8 Å². The fourth-order valence-electron chi connectivity index (χ4n) is 3.70. The van der Waals surface area contributed by atoms with Crippen molar-refractivity contribution in [2.45, 2.75) is 39.2 Å². The number of nitrogens with zero attached hydrogens (tertiary/aromatic N) is 4. The first kappa shape index (κ1) is 20.5. The molecule has 0 saturated heterocycles. The van der Waals surface area contributed by atoms with Crippen LogP contribution in [0.4, 0.5) is 23.1 Å². The fraction of sp³-hybridized carbons (Fsp3) is 0.261. The Balaban J connectivity index is 1.52. The molecule has 31 heavy (non-hydrogen) atoms. The fourth-order valence-corrected chi connectivity index (χ4v) is 3.70. The zero-order chi connectivity index (χ0) is 21.8. The van der Waals surface area contributed by atoms with Gasteiger partial charge in [-0.25, -0.2) is 4.98 Å². The summed E-state index contributed by atoms with van der Waals surface area (Å²) in [6.07, 6.45) is 6.94. The molecule has 1 aliphatic rings. The molecule has 2 amide bonds. The van der Waals surface area contributed by atoms with Crippen LogP contribution in [-0.4, -0.2) is 32.8 Å². The summed E-state index contributed by atoms with van der Waals surface area (Å²) in [5.41, 5.74) is 2.75. The summed E-state index contributed by atoms with van der Waals surface area (Å²) in [6.45, 7) is 4.15. The predicted molar refractivity (Wildman–Crippen MR) is 120 cm³/mol. The van der Waals surface area contributed by atoms with Crippen LogP contribution >= 0.6 is 0 Å². The van der Waals surface area contributed by atoms with E-state index in [2.05, 4.69) is 39.4 Å². The molecule has 0 fully saturated rings. The largest absolute Gasteiger partial charge is 0.324 e. The molecular weight excluding hydrogens is 392 g/mol. The highest BCUT2D eigenvalue weighted by molar-refractivity contribution is 6.04. The number of hydrogen-bond donors (Lipinski definition) is 2. The molecule has 0 radical (unpaired) electrons. The zero-order valence-corrected chi connectivity index (χ0v) is 17.5. The van der Waals surface area contributed by atoms with Crippen molar-refractivity contribution in [3.05, 3.63) is 66.1 Å². The molecular formula is C23H24N6O2. The van der Waals surface area contributed by atoms with Crippen LogP contribution < -0.4 is 15.5 Å². The maximum absolute atomic E-state index is 12.5. The van der Waals surface area contributed by atoms with Gasteiger partial charge >= 0.3 is 0 Å². The number of aromatic nitrogens is 3. The SMILES string of the molecule is CCC(CC)N1C(=O)Cc2cnc(Nc3cccc(NC(=O)c4ccncc4)c3)nc21. The average Bonchev–Trinajstić information content (AvgIpc) is 3.11. The van der Waals surface area contributed by atoms with Crippen molar-refractivity contribution in [2.75, 3.05) is 15.5 Å². The van der Waals surface area contributed by atoms with Crippen molar-refractivity contribution in [2.24, 2.45) is 0 Å². The van der Waals surface area contributed by atoms with Crippen LogP contribution in [0.3, 0.4) is 0 Å². The van der Waals surface area contributed by atoms with Crippen LogP contribution in [0, 0.1) is 0 Å². The lowest BCUT2D eigenvalue weighted by Crippen LogP contribution is -2.37. The minimum atomic E-state index is -0.215. The van der Waals surface area contributed by atoms with Gasteiger partial charge < -0.3 is 10.6 Å². The van der Waals surface area contributed by atoms with Crippen LogP contribution in [0.5, 0.6) is 0 Å². The lowest BCUT2D eigenvalue weighted by molar-refractivity contribution is -0.117. The molecule has 0 spiro atoms. The summed E-state index contributed by atoms with van der Waals surface area (Å²) in [4.78, 5) is 39.6. The maximum Gasteiger partial charge on any atom is 0.255 e. The minimum Gasteiger partial charge on any atom is -0.324 e. The Morgan fingerprint density at radius 3 is 2.61 bits per heavy atom. The molecule has 2 N–H and O–H groups in total.